The second-order valence-electron chi connectivity index (χ2n) is 6.92. The van der Waals surface area contributed by atoms with E-state index in [1.807, 2.05) is 13.8 Å². The van der Waals surface area contributed by atoms with E-state index in [0.29, 0.717) is 23.1 Å². The van der Waals surface area contributed by atoms with Gasteiger partial charge in [-0.2, -0.15) is 15.3 Å². The van der Waals surface area contributed by atoms with Crippen molar-refractivity contribution in [2.45, 2.75) is 27.1 Å². The Balaban J connectivity index is 1.42. The molecule has 0 radical (unpaired) electrons. The molecule has 160 valence electrons. The molecule has 11 heteroatoms. The SMILES string of the molecule is Cc1nn(Cn2ccc(C(=O)Nc3ccn(Cc4c(F)cccc4Cl)n3)n2)c(C)c1Br. The molecular formula is C20H18BrClFN7O. The van der Waals surface area contributed by atoms with Crippen LogP contribution in [-0.4, -0.2) is 35.2 Å². The molecule has 0 bridgehead atoms. The lowest BCUT2D eigenvalue weighted by atomic mass is 10.2. The van der Waals surface area contributed by atoms with Crippen molar-refractivity contribution in [1.29, 1.82) is 0 Å². The summed E-state index contributed by atoms with van der Waals surface area (Å²) in [6.45, 7) is 4.39. The van der Waals surface area contributed by atoms with Gasteiger partial charge in [0.2, 0.25) is 0 Å². The molecule has 3 aromatic heterocycles. The van der Waals surface area contributed by atoms with Gasteiger partial charge in [-0.3, -0.25) is 14.2 Å². The van der Waals surface area contributed by atoms with Crippen molar-refractivity contribution < 1.29 is 9.18 Å². The average Bonchev–Trinajstić information content (AvgIpc) is 3.43. The monoisotopic (exact) mass is 505 g/mol. The quantitative estimate of drug-likeness (QED) is 0.424. The fraction of sp³-hybridized carbons (Fsp3) is 0.200. The summed E-state index contributed by atoms with van der Waals surface area (Å²) >= 11 is 9.56. The average molecular weight is 507 g/mol. The Morgan fingerprint density at radius 2 is 1.90 bits per heavy atom. The third-order valence-corrected chi connectivity index (χ3v) is 6.21. The largest absolute Gasteiger partial charge is 0.304 e. The molecule has 0 fully saturated rings. The highest BCUT2D eigenvalue weighted by Gasteiger charge is 2.14. The molecule has 0 atom stereocenters. The van der Waals surface area contributed by atoms with Crippen LogP contribution >= 0.6 is 27.5 Å². The van der Waals surface area contributed by atoms with Gasteiger partial charge in [0.15, 0.2) is 11.5 Å². The summed E-state index contributed by atoms with van der Waals surface area (Å²) in [4.78, 5) is 12.5. The van der Waals surface area contributed by atoms with Crippen LogP contribution in [0.3, 0.4) is 0 Å². The molecule has 4 aromatic rings. The van der Waals surface area contributed by atoms with E-state index < -0.39 is 11.7 Å². The van der Waals surface area contributed by atoms with Gasteiger partial charge in [-0.05, 0) is 48.0 Å². The van der Waals surface area contributed by atoms with Crippen molar-refractivity contribution in [1.82, 2.24) is 29.3 Å². The van der Waals surface area contributed by atoms with Crippen LogP contribution in [-0.2, 0) is 13.2 Å². The maximum Gasteiger partial charge on any atom is 0.277 e. The Morgan fingerprint density at radius 1 is 1.13 bits per heavy atom. The summed E-state index contributed by atoms with van der Waals surface area (Å²) in [7, 11) is 0. The molecule has 31 heavy (non-hydrogen) atoms. The van der Waals surface area contributed by atoms with E-state index in [4.69, 9.17) is 11.6 Å². The van der Waals surface area contributed by atoms with Gasteiger partial charge >= 0.3 is 0 Å². The number of hydrogen-bond acceptors (Lipinski definition) is 4. The minimum absolute atomic E-state index is 0.147. The van der Waals surface area contributed by atoms with Crippen LogP contribution in [0.1, 0.15) is 27.4 Å². The predicted molar refractivity (Wildman–Crippen MR) is 118 cm³/mol. The number of nitrogens with zero attached hydrogens (tertiary/aromatic N) is 6. The molecule has 4 rings (SSSR count). The number of aromatic nitrogens is 6. The number of hydrogen-bond donors (Lipinski definition) is 1. The van der Waals surface area contributed by atoms with E-state index in [0.717, 1.165) is 15.9 Å². The summed E-state index contributed by atoms with van der Waals surface area (Å²) in [5, 5.41) is 16.0. The number of carbonyl (C=O) groups excluding carboxylic acids is 1. The van der Waals surface area contributed by atoms with E-state index in [-0.39, 0.29) is 12.2 Å². The first-order chi connectivity index (χ1) is 14.8. The molecule has 0 saturated heterocycles. The standard InChI is InChI=1S/C20H18BrClFN7O/c1-12-19(21)13(2)30(25-12)11-29-8-6-17(26-29)20(31)24-18-7-9-28(27-18)10-14-15(22)4-3-5-16(14)23/h3-9H,10-11H2,1-2H3,(H,24,27,31). The second kappa shape index (κ2) is 8.64. The van der Waals surface area contributed by atoms with Crippen molar-refractivity contribution in [3.05, 3.63) is 80.7 Å². The van der Waals surface area contributed by atoms with Gasteiger partial charge in [0.25, 0.3) is 5.91 Å². The Kier molecular flexibility index (Phi) is 5.92. The third-order valence-electron chi connectivity index (χ3n) is 4.71. The highest BCUT2D eigenvalue weighted by Crippen LogP contribution is 2.21. The molecule has 1 amide bonds. The van der Waals surface area contributed by atoms with Crippen LogP contribution in [0.15, 0.2) is 47.2 Å². The predicted octanol–water partition coefficient (Wildman–Crippen LogP) is 4.25. The van der Waals surface area contributed by atoms with Gasteiger partial charge in [-0.15, -0.1) is 0 Å². The Bertz CT molecular complexity index is 1240. The van der Waals surface area contributed by atoms with Crippen LogP contribution in [0, 0.1) is 19.7 Å². The number of amides is 1. The zero-order chi connectivity index (χ0) is 22.1. The van der Waals surface area contributed by atoms with Gasteiger partial charge in [-0.1, -0.05) is 17.7 Å². The number of aryl methyl sites for hydroxylation is 1. The van der Waals surface area contributed by atoms with E-state index in [1.54, 1.807) is 46.0 Å². The zero-order valence-corrected chi connectivity index (χ0v) is 19.0. The fourth-order valence-electron chi connectivity index (χ4n) is 3.05. The first-order valence-electron chi connectivity index (χ1n) is 9.32. The smallest absolute Gasteiger partial charge is 0.277 e. The number of benzene rings is 1. The van der Waals surface area contributed by atoms with Crippen LogP contribution in [0.25, 0.3) is 0 Å². The summed E-state index contributed by atoms with van der Waals surface area (Å²) in [5.74, 6) is -0.481. The summed E-state index contributed by atoms with van der Waals surface area (Å²) in [6.07, 6.45) is 3.34. The van der Waals surface area contributed by atoms with Crippen LogP contribution in [0.4, 0.5) is 10.2 Å². The molecule has 3 heterocycles. The summed E-state index contributed by atoms with van der Waals surface area (Å²) in [5.41, 5.74) is 2.43. The minimum Gasteiger partial charge on any atom is -0.304 e. The van der Waals surface area contributed by atoms with Crippen molar-refractivity contribution >= 4 is 39.3 Å². The van der Waals surface area contributed by atoms with Gasteiger partial charge in [-0.25, -0.2) is 9.07 Å². The van der Waals surface area contributed by atoms with Gasteiger partial charge in [0.05, 0.1) is 22.4 Å². The number of halogens is 3. The van der Waals surface area contributed by atoms with Gasteiger partial charge < -0.3 is 5.32 Å². The molecule has 0 aliphatic carbocycles. The van der Waals surface area contributed by atoms with Gasteiger partial charge in [0, 0.05) is 29.0 Å². The zero-order valence-electron chi connectivity index (χ0n) is 16.7. The van der Waals surface area contributed by atoms with Crippen molar-refractivity contribution in [2.75, 3.05) is 5.32 Å². The first-order valence-corrected chi connectivity index (χ1v) is 10.5. The minimum atomic E-state index is -0.409. The molecule has 0 saturated carbocycles. The van der Waals surface area contributed by atoms with Crippen LogP contribution in [0.2, 0.25) is 5.02 Å². The number of rotatable bonds is 6. The summed E-state index contributed by atoms with van der Waals surface area (Å²) in [6, 6.07) is 7.74. The molecular weight excluding hydrogens is 489 g/mol. The maximum absolute atomic E-state index is 14.0. The van der Waals surface area contributed by atoms with Crippen molar-refractivity contribution in [3.63, 3.8) is 0 Å². The molecule has 1 N–H and O–H groups in total. The molecule has 0 aliphatic rings. The second-order valence-corrected chi connectivity index (χ2v) is 8.12. The normalized spacial score (nSPS) is 11.1. The number of nitrogens with one attached hydrogen (secondary N) is 1. The molecule has 0 aliphatic heterocycles. The Morgan fingerprint density at radius 3 is 2.61 bits per heavy atom. The first kappa shape index (κ1) is 21.3. The lowest BCUT2D eigenvalue weighted by Crippen LogP contribution is -2.16. The fourth-order valence-corrected chi connectivity index (χ4v) is 3.56. The summed E-state index contributed by atoms with van der Waals surface area (Å²) < 4.78 is 19.8. The number of anilines is 1. The maximum atomic E-state index is 14.0. The van der Waals surface area contributed by atoms with E-state index >= 15 is 0 Å². The molecule has 0 unspecified atom stereocenters. The lowest BCUT2D eigenvalue weighted by Gasteiger charge is -2.06. The van der Waals surface area contributed by atoms with Crippen LogP contribution in [0.5, 0.6) is 0 Å². The topological polar surface area (TPSA) is 82.6 Å². The number of carbonyl (C=O) groups is 1. The Hall–Kier alpha value is -2.98. The van der Waals surface area contributed by atoms with Crippen LogP contribution < -0.4 is 5.32 Å². The molecule has 1 aromatic carbocycles. The highest BCUT2D eigenvalue weighted by molar-refractivity contribution is 9.10. The third kappa shape index (κ3) is 4.54. The van der Waals surface area contributed by atoms with Crippen molar-refractivity contribution in [2.24, 2.45) is 0 Å². The van der Waals surface area contributed by atoms with Gasteiger partial charge in [0.1, 0.15) is 12.5 Å². The highest BCUT2D eigenvalue weighted by atomic mass is 79.9. The molecule has 0 spiro atoms. The van der Waals surface area contributed by atoms with E-state index in [9.17, 15) is 9.18 Å². The Labute approximate surface area is 190 Å². The lowest BCUT2D eigenvalue weighted by molar-refractivity contribution is 0.102. The van der Waals surface area contributed by atoms with E-state index in [2.05, 4.69) is 36.5 Å². The molecule has 8 nitrogen and oxygen atoms in total. The van der Waals surface area contributed by atoms with Crippen molar-refractivity contribution in [3.8, 4) is 0 Å². The van der Waals surface area contributed by atoms with E-state index in [1.165, 1.54) is 10.7 Å².